The monoisotopic (exact) mass is 269 g/mol. The smallest absolute Gasteiger partial charge is 0.224 e. The molecule has 5 heteroatoms. The maximum absolute atomic E-state index is 12.0. The molecule has 1 aliphatic rings. The average Bonchev–Trinajstić information content (AvgIpc) is 2.58. The lowest BCUT2D eigenvalue weighted by Crippen LogP contribution is -2.44. The predicted molar refractivity (Wildman–Crippen MR) is 75.4 cm³/mol. The van der Waals surface area contributed by atoms with E-state index in [4.69, 9.17) is 5.73 Å². The molecule has 1 rings (SSSR count). The molecule has 19 heavy (non-hydrogen) atoms. The van der Waals surface area contributed by atoms with Crippen LogP contribution in [0.25, 0.3) is 0 Å². The van der Waals surface area contributed by atoms with Gasteiger partial charge in [0, 0.05) is 25.0 Å². The van der Waals surface area contributed by atoms with Gasteiger partial charge in [0.15, 0.2) is 0 Å². The number of amides is 2. The second-order valence-corrected chi connectivity index (χ2v) is 5.65. The number of hydrogen-bond acceptors (Lipinski definition) is 3. The van der Waals surface area contributed by atoms with Crippen LogP contribution in [-0.2, 0) is 9.59 Å². The van der Waals surface area contributed by atoms with Gasteiger partial charge in [0.05, 0.1) is 5.92 Å². The van der Waals surface area contributed by atoms with Gasteiger partial charge in [0.1, 0.15) is 0 Å². The van der Waals surface area contributed by atoms with Gasteiger partial charge in [0.25, 0.3) is 0 Å². The van der Waals surface area contributed by atoms with Crippen molar-refractivity contribution in [3.63, 3.8) is 0 Å². The van der Waals surface area contributed by atoms with Crippen molar-refractivity contribution in [3.05, 3.63) is 0 Å². The van der Waals surface area contributed by atoms with Crippen LogP contribution in [-0.4, -0.2) is 30.9 Å². The van der Waals surface area contributed by atoms with E-state index in [1.165, 1.54) is 6.42 Å². The number of hydrogen-bond donors (Lipinski definition) is 3. The first-order chi connectivity index (χ1) is 9.02. The average molecular weight is 269 g/mol. The largest absolute Gasteiger partial charge is 0.354 e. The number of rotatable bonds is 5. The normalized spacial score (nSPS) is 23.8. The SMILES string of the molecule is CC(C)C(=O)NCCNC(=O)C1CCCCCC1N. The van der Waals surface area contributed by atoms with Gasteiger partial charge in [-0.2, -0.15) is 0 Å². The third-order valence-electron chi connectivity index (χ3n) is 3.65. The maximum Gasteiger partial charge on any atom is 0.224 e. The molecule has 0 aromatic rings. The Morgan fingerprint density at radius 3 is 2.42 bits per heavy atom. The Bertz CT molecular complexity index is 305. The minimum atomic E-state index is -0.0664. The summed E-state index contributed by atoms with van der Waals surface area (Å²) < 4.78 is 0. The van der Waals surface area contributed by atoms with Crippen molar-refractivity contribution < 1.29 is 9.59 Å². The van der Waals surface area contributed by atoms with Crippen LogP contribution in [0.4, 0.5) is 0 Å². The van der Waals surface area contributed by atoms with Gasteiger partial charge in [0.2, 0.25) is 11.8 Å². The van der Waals surface area contributed by atoms with Crippen molar-refractivity contribution in [1.82, 2.24) is 10.6 Å². The van der Waals surface area contributed by atoms with Gasteiger partial charge in [-0.1, -0.05) is 33.1 Å². The van der Waals surface area contributed by atoms with Gasteiger partial charge >= 0.3 is 0 Å². The molecule has 0 aromatic heterocycles. The second kappa shape index (κ2) is 8.15. The summed E-state index contributed by atoms with van der Waals surface area (Å²) in [5.74, 6) is -0.0390. The summed E-state index contributed by atoms with van der Waals surface area (Å²) >= 11 is 0. The Morgan fingerprint density at radius 2 is 1.74 bits per heavy atom. The molecule has 0 aliphatic heterocycles. The minimum Gasteiger partial charge on any atom is -0.354 e. The van der Waals surface area contributed by atoms with E-state index in [0.717, 1.165) is 25.7 Å². The first kappa shape index (κ1) is 16.0. The summed E-state index contributed by atoms with van der Waals surface area (Å²) in [7, 11) is 0. The fourth-order valence-electron chi connectivity index (χ4n) is 2.37. The molecule has 1 saturated carbocycles. The van der Waals surface area contributed by atoms with Crippen molar-refractivity contribution in [3.8, 4) is 0 Å². The molecular formula is C14H27N3O2. The summed E-state index contributed by atoms with van der Waals surface area (Å²) in [6, 6.07) is -0.0206. The van der Waals surface area contributed by atoms with E-state index in [-0.39, 0.29) is 29.7 Å². The molecular weight excluding hydrogens is 242 g/mol. The Hall–Kier alpha value is -1.10. The molecule has 0 heterocycles. The fourth-order valence-corrected chi connectivity index (χ4v) is 2.37. The Balaban J connectivity index is 2.24. The lowest BCUT2D eigenvalue weighted by Gasteiger charge is -2.20. The van der Waals surface area contributed by atoms with Gasteiger partial charge in [-0.05, 0) is 12.8 Å². The molecule has 1 fully saturated rings. The lowest BCUT2D eigenvalue weighted by atomic mass is 9.94. The maximum atomic E-state index is 12.0. The van der Waals surface area contributed by atoms with E-state index in [1.807, 2.05) is 13.8 Å². The molecule has 0 radical (unpaired) electrons. The Kier molecular flexibility index (Phi) is 6.84. The van der Waals surface area contributed by atoms with E-state index < -0.39 is 0 Å². The summed E-state index contributed by atoms with van der Waals surface area (Å²) in [5, 5.41) is 5.65. The topological polar surface area (TPSA) is 84.2 Å². The summed E-state index contributed by atoms with van der Waals surface area (Å²) in [6.07, 6.45) is 5.18. The molecule has 4 N–H and O–H groups in total. The standard InChI is InChI=1S/C14H27N3O2/c1-10(2)13(18)16-8-9-17-14(19)11-6-4-3-5-7-12(11)15/h10-12H,3-9,15H2,1-2H3,(H,16,18)(H,17,19). The number of nitrogens with two attached hydrogens (primary N) is 1. The van der Waals surface area contributed by atoms with Crippen LogP contribution >= 0.6 is 0 Å². The van der Waals surface area contributed by atoms with E-state index in [1.54, 1.807) is 0 Å². The molecule has 0 saturated heterocycles. The molecule has 2 amide bonds. The molecule has 2 unspecified atom stereocenters. The molecule has 0 spiro atoms. The zero-order chi connectivity index (χ0) is 14.3. The van der Waals surface area contributed by atoms with Crippen molar-refractivity contribution in [2.45, 2.75) is 52.0 Å². The highest BCUT2D eigenvalue weighted by molar-refractivity contribution is 5.80. The van der Waals surface area contributed by atoms with E-state index in [0.29, 0.717) is 13.1 Å². The molecule has 5 nitrogen and oxygen atoms in total. The number of nitrogens with one attached hydrogen (secondary N) is 2. The summed E-state index contributed by atoms with van der Waals surface area (Å²) in [5.41, 5.74) is 6.04. The van der Waals surface area contributed by atoms with E-state index in [2.05, 4.69) is 10.6 Å². The van der Waals surface area contributed by atoms with Crippen LogP contribution in [0, 0.1) is 11.8 Å². The minimum absolute atomic E-state index is 0.0143. The van der Waals surface area contributed by atoms with Gasteiger partial charge in [-0.3, -0.25) is 9.59 Å². The van der Waals surface area contributed by atoms with Gasteiger partial charge in [-0.15, -0.1) is 0 Å². The molecule has 0 aromatic carbocycles. The zero-order valence-corrected chi connectivity index (χ0v) is 12.1. The van der Waals surface area contributed by atoms with Crippen molar-refractivity contribution in [1.29, 1.82) is 0 Å². The number of carbonyl (C=O) groups excluding carboxylic acids is 2. The summed E-state index contributed by atoms with van der Waals surface area (Å²) in [6.45, 7) is 4.64. The fraction of sp³-hybridized carbons (Fsp3) is 0.857. The first-order valence-corrected chi connectivity index (χ1v) is 7.33. The molecule has 1 aliphatic carbocycles. The Morgan fingerprint density at radius 1 is 1.11 bits per heavy atom. The van der Waals surface area contributed by atoms with Crippen molar-refractivity contribution in [2.24, 2.45) is 17.6 Å². The van der Waals surface area contributed by atoms with Crippen LogP contribution in [0.15, 0.2) is 0 Å². The highest BCUT2D eigenvalue weighted by Gasteiger charge is 2.26. The quantitative estimate of drug-likeness (QED) is 0.509. The third-order valence-corrected chi connectivity index (χ3v) is 3.65. The third kappa shape index (κ3) is 5.59. The van der Waals surface area contributed by atoms with Crippen LogP contribution < -0.4 is 16.4 Å². The summed E-state index contributed by atoms with van der Waals surface area (Å²) in [4.78, 5) is 23.4. The zero-order valence-electron chi connectivity index (χ0n) is 12.1. The predicted octanol–water partition coefficient (Wildman–Crippen LogP) is 0.782. The van der Waals surface area contributed by atoms with Gasteiger partial charge in [-0.25, -0.2) is 0 Å². The lowest BCUT2D eigenvalue weighted by molar-refractivity contribution is -0.126. The van der Waals surface area contributed by atoms with E-state index in [9.17, 15) is 9.59 Å². The van der Waals surface area contributed by atoms with Gasteiger partial charge < -0.3 is 16.4 Å². The van der Waals surface area contributed by atoms with Crippen LogP contribution in [0.2, 0.25) is 0 Å². The van der Waals surface area contributed by atoms with Crippen LogP contribution in [0.1, 0.15) is 46.0 Å². The Labute approximate surface area is 115 Å². The van der Waals surface area contributed by atoms with Crippen molar-refractivity contribution >= 4 is 11.8 Å². The second-order valence-electron chi connectivity index (χ2n) is 5.65. The van der Waals surface area contributed by atoms with Crippen LogP contribution in [0.3, 0.4) is 0 Å². The highest BCUT2D eigenvalue weighted by atomic mass is 16.2. The first-order valence-electron chi connectivity index (χ1n) is 7.33. The molecule has 0 bridgehead atoms. The molecule has 2 atom stereocenters. The highest BCUT2D eigenvalue weighted by Crippen LogP contribution is 2.22. The van der Waals surface area contributed by atoms with E-state index >= 15 is 0 Å². The van der Waals surface area contributed by atoms with Crippen molar-refractivity contribution in [2.75, 3.05) is 13.1 Å². The number of carbonyl (C=O) groups is 2. The molecule has 110 valence electrons. The van der Waals surface area contributed by atoms with Crippen LogP contribution in [0.5, 0.6) is 0 Å².